The molecule has 25 heavy (non-hydrogen) atoms. The van der Waals surface area contributed by atoms with Crippen molar-refractivity contribution in [3.8, 4) is 0 Å². The minimum Gasteiger partial charge on any atom is -0.368 e. The molecule has 0 bridgehead atoms. The summed E-state index contributed by atoms with van der Waals surface area (Å²) in [4.78, 5) is 25.6. The minimum atomic E-state index is -0.0193. The van der Waals surface area contributed by atoms with E-state index in [2.05, 4.69) is 26.9 Å². The zero-order valence-corrected chi connectivity index (χ0v) is 14.4. The topological polar surface area (TPSA) is 66.6 Å². The van der Waals surface area contributed by atoms with E-state index in [0.29, 0.717) is 18.8 Å². The maximum Gasteiger partial charge on any atom is 0.272 e. The first kappa shape index (κ1) is 15.6. The first-order valence-electron chi connectivity index (χ1n) is 8.39. The van der Waals surface area contributed by atoms with Gasteiger partial charge in [0.25, 0.3) is 5.91 Å². The number of piperazine rings is 1. The molecule has 3 aromatic heterocycles. The summed E-state index contributed by atoms with van der Waals surface area (Å²) in [5, 5.41) is 4.20. The van der Waals surface area contributed by atoms with Crippen LogP contribution in [0.4, 0.5) is 5.69 Å². The standard InChI is InChI=1S/C18H20N6O/c1-13-11-19-5-3-16(13)22-7-9-23(10-8-22)18(25)15-4-6-24-17(21-15)14(2)12-20-24/h3-6,11-12H,7-10H2,1-2H3. The van der Waals surface area contributed by atoms with Gasteiger partial charge in [-0.2, -0.15) is 5.10 Å². The molecule has 1 aliphatic rings. The largest absolute Gasteiger partial charge is 0.368 e. The monoisotopic (exact) mass is 336 g/mol. The van der Waals surface area contributed by atoms with Crippen molar-refractivity contribution in [2.45, 2.75) is 13.8 Å². The van der Waals surface area contributed by atoms with Gasteiger partial charge in [-0.05, 0) is 31.5 Å². The van der Waals surface area contributed by atoms with Crippen LogP contribution < -0.4 is 4.90 Å². The van der Waals surface area contributed by atoms with E-state index in [1.54, 1.807) is 23.0 Å². The Bertz CT molecular complexity index is 926. The second kappa shape index (κ2) is 6.16. The Hall–Kier alpha value is -2.96. The smallest absolute Gasteiger partial charge is 0.272 e. The Morgan fingerprint density at radius 2 is 1.84 bits per heavy atom. The molecule has 0 radical (unpaired) electrons. The van der Waals surface area contributed by atoms with Crippen LogP contribution in [0, 0.1) is 13.8 Å². The Balaban J connectivity index is 1.49. The van der Waals surface area contributed by atoms with E-state index in [1.807, 2.05) is 30.3 Å². The number of fused-ring (bicyclic) bond motifs is 1. The van der Waals surface area contributed by atoms with Crippen LogP contribution in [0.5, 0.6) is 0 Å². The van der Waals surface area contributed by atoms with Crippen molar-refractivity contribution < 1.29 is 4.79 Å². The minimum absolute atomic E-state index is 0.0193. The van der Waals surface area contributed by atoms with Gasteiger partial charge in [-0.15, -0.1) is 0 Å². The van der Waals surface area contributed by atoms with E-state index in [0.717, 1.165) is 29.9 Å². The zero-order chi connectivity index (χ0) is 17.4. The van der Waals surface area contributed by atoms with Crippen molar-refractivity contribution in [1.82, 2.24) is 24.5 Å². The third-order valence-corrected chi connectivity index (χ3v) is 4.66. The summed E-state index contributed by atoms with van der Waals surface area (Å²) in [5.74, 6) is -0.0193. The van der Waals surface area contributed by atoms with Gasteiger partial charge in [-0.3, -0.25) is 9.78 Å². The number of carbonyl (C=O) groups excluding carboxylic acids is 1. The molecule has 0 aliphatic carbocycles. The lowest BCUT2D eigenvalue weighted by molar-refractivity contribution is 0.0741. The van der Waals surface area contributed by atoms with Gasteiger partial charge in [0.1, 0.15) is 5.69 Å². The summed E-state index contributed by atoms with van der Waals surface area (Å²) >= 11 is 0. The quantitative estimate of drug-likeness (QED) is 0.713. The van der Waals surface area contributed by atoms with Crippen LogP contribution in [0.2, 0.25) is 0 Å². The van der Waals surface area contributed by atoms with Crippen molar-refractivity contribution in [3.05, 3.63) is 53.7 Å². The van der Waals surface area contributed by atoms with E-state index < -0.39 is 0 Å². The fourth-order valence-electron chi connectivity index (χ4n) is 3.24. The van der Waals surface area contributed by atoms with Crippen molar-refractivity contribution in [1.29, 1.82) is 0 Å². The van der Waals surface area contributed by atoms with Crippen molar-refractivity contribution in [2.24, 2.45) is 0 Å². The Kier molecular flexibility index (Phi) is 3.83. The summed E-state index contributed by atoms with van der Waals surface area (Å²) in [6.07, 6.45) is 7.23. The van der Waals surface area contributed by atoms with Crippen molar-refractivity contribution in [2.75, 3.05) is 31.1 Å². The van der Waals surface area contributed by atoms with Crippen molar-refractivity contribution in [3.63, 3.8) is 0 Å². The van der Waals surface area contributed by atoms with Gasteiger partial charge >= 0.3 is 0 Å². The molecule has 0 aromatic carbocycles. The number of rotatable bonds is 2. The van der Waals surface area contributed by atoms with Crippen LogP contribution in [0.15, 0.2) is 36.9 Å². The highest BCUT2D eigenvalue weighted by Gasteiger charge is 2.24. The summed E-state index contributed by atoms with van der Waals surface area (Å²) < 4.78 is 1.69. The Morgan fingerprint density at radius 3 is 2.60 bits per heavy atom. The number of anilines is 1. The fraction of sp³-hybridized carbons (Fsp3) is 0.333. The number of aromatic nitrogens is 4. The number of hydrogen-bond donors (Lipinski definition) is 0. The van der Waals surface area contributed by atoms with E-state index in [-0.39, 0.29) is 5.91 Å². The molecule has 7 heteroatoms. The first-order chi connectivity index (χ1) is 12.1. The van der Waals surface area contributed by atoms with Gasteiger partial charge in [-0.25, -0.2) is 9.50 Å². The summed E-state index contributed by atoms with van der Waals surface area (Å²) in [6, 6.07) is 3.77. The average Bonchev–Trinajstić information content (AvgIpc) is 3.02. The number of amides is 1. The molecule has 0 spiro atoms. The number of pyridine rings is 1. The number of hydrogen-bond acceptors (Lipinski definition) is 5. The molecule has 0 unspecified atom stereocenters. The number of aryl methyl sites for hydroxylation is 2. The Labute approximate surface area is 145 Å². The lowest BCUT2D eigenvalue weighted by Crippen LogP contribution is -2.49. The van der Waals surface area contributed by atoms with Crippen LogP contribution in [0.25, 0.3) is 5.65 Å². The van der Waals surface area contributed by atoms with Crippen LogP contribution in [0.3, 0.4) is 0 Å². The molecule has 0 saturated carbocycles. The molecular formula is C18H20N6O. The van der Waals surface area contributed by atoms with E-state index in [9.17, 15) is 4.79 Å². The highest BCUT2D eigenvalue weighted by Crippen LogP contribution is 2.20. The van der Waals surface area contributed by atoms with E-state index in [4.69, 9.17) is 0 Å². The molecule has 7 nitrogen and oxygen atoms in total. The molecule has 4 rings (SSSR count). The summed E-state index contributed by atoms with van der Waals surface area (Å²) in [6.45, 7) is 7.00. The average molecular weight is 336 g/mol. The second-order valence-electron chi connectivity index (χ2n) is 6.35. The van der Waals surface area contributed by atoms with Crippen LogP contribution >= 0.6 is 0 Å². The van der Waals surface area contributed by atoms with Crippen LogP contribution in [-0.4, -0.2) is 56.6 Å². The fourth-order valence-corrected chi connectivity index (χ4v) is 3.24. The van der Waals surface area contributed by atoms with Gasteiger partial charge in [0, 0.05) is 56.0 Å². The van der Waals surface area contributed by atoms with Gasteiger partial charge in [0.05, 0.1) is 6.20 Å². The van der Waals surface area contributed by atoms with E-state index in [1.165, 1.54) is 5.69 Å². The van der Waals surface area contributed by atoms with Gasteiger partial charge in [0.2, 0.25) is 0 Å². The summed E-state index contributed by atoms with van der Waals surface area (Å²) in [5.41, 5.74) is 4.52. The molecule has 1 fully saturated rings. The van der Waals surface area contributed by atoms with Gasteiger partial charge in [0.15, 0.2) is 5.65 Å². The number of carbonyl (C=O) groups is 1. The highest BCUT2D eigenvalue weighted by atomic mass is 16.2. The van der Waals surface area contributed by atoms with E-state index >= 15 is 0 Å². The Morgan fingerprint density at radius 1 is 1.04 bits per heavy atom. The van der Waals surface area contributed by atoms with Gasteiger partial charge < -0.3 is 9.80 Å². The first-order valence-corrected chi connectivity index (χ1v) is 8.39. The predicted molar refractivity (Wildman–Crippen MR) is 94.8 cm³/mol. The molecule has 1 aliphatic heterocycles. The number of nitrogens with zero attached hydrogens (tertiary/aromatic N) is 6. The predicted octanol–water partition coefficient (Wildman–Crippen LogP) is 1.70. The maximum absolute atomic E-state index is 12.8. The lowest BCUT2D eigenvalue weighted by atomic mass is 10.2. The zero-order valence-electron chi connectivity index (χ0n) is 14.4. The highest BCUT2D eigenvalue weighted by molar-refractivity contribution is 5.93. The second-order valence-corrected chi connectivity index (χ2v) is 6.35. The van der Waals surface area contributed by atoms with Gasteiger partial charge in [-0.1, -0.05) is 0 Å². The van der Waals surface area contributed by atoms with Crippen LogP contribution in [-0.2, 0) is 0 Å². The molecule has 1 amide bonds. The third-order valence-electron chi connectivity index (χ3n) is 4.66. The molecule has 128 valence electrons. The van der Waals surface area contributed by atoms with Crippen LogP contribution in [0.1, 0.15) is 21.6 Å². The van der Waals surface area contributed by atoms with Crippen molar-refractivity contribution >= 4 is 17.2 Å². The third kappa shape index (κ3) is 2.82. The molecule has 3 aromatic rings. The normalized spacial score (nSPS) is 15.0. The summed E-state index contributed by atoms with van der Waals surface area (Å²) in [7, 11) is 0. The molecule has 0 N–H and O–H groups in total. The molecule has 1 saturated heterocycles. The maximum atomic E-state index is 12.8. The molecule has 4 heterocycles. The SMILES string of the molecule is Cc1cnccc1N1CCN(C(=O)c2ccn3ncc(C)c3n2)CC1. The molecular weight excluding hydrogens is 316 g/mol. The lowest BCUT2D eigenvalue weighted by Gasteiger charge is -2.36. The molecule has 0 atom stereocenters.